The maximum absolute atomic E-state index is 12.3. The van der Waals surface area contributed by atoms with E-state index in [-0.39, 0.29) is 11.3 Å². The average molecular weight is 497 g/mol. The number of nitrogens with one attached hydrogen (secondary N) is 4. The largest absolute Gasteiger partial charge is 0.355 e. The maximum atomic E-state index is 12.3. The second-order valence-electron chi connectivity index (χ2n) is 8.49. The Balaban J connectivity index is 1.38. The molecule has 1 fully saturated rings. The molecule has 4 aromatic rings. The molecule has 0 saturated carbocycles. The standard InChI is InChI=1S/C26H24N8O3/c1-34(15-16-7-3-2-4-8-16)22-14-17(13-20-24(36)33-26(37)30-20)28-25(32-22)27-12-11-21-29-19-10-6-5-9-18(19)23(35)31-21/h2-10,13-14H,11-12,15H2,1H3,(H,27,28,32)(H,29,31,35)(H2,30,33,36,37)/b20-13-. The summed E-state index contributed by atoms with van der Waals surface area (Å²) in [7, 11) is 1.91. The number of aromatic nitrogens is 4. The van der Waals surface area contributed by atoms with Crippen LogP contribution in [0.3, 0.4) is 0 Å². The van der Waals surface area contributed by atoms with Crippen LogP contribution in [0.25, 0.3) is 17.0 Å². The molecule has 4 N–H and O–H groups in total. The van der Waals surface area contributed by atoms with Gasteiger partial charge in [-0.1, -0.05) is 42.5 Å². The highest BCUT2D eigenvalue weighted by molar-refractivity contribution is 6.13. The average Bonchev–Trinajstić information content (AvgIpc) is 3.20. The number of hydrogen-bond donors (Lipinski definition) is 4. The van der Waals surface area contributed by atoms with Gasteiger partial charge in [-0.25, -0.2) is 14.8 Å². The minimum absolute atomic E-state index is 0.101. The summed E-state index contributed by atoms with van der Waals surface area (Å²) in [5.41, 5.74) is 2.09. The fraction of sp³-hybridized carbons (Fsp3) is 0.154. The van der Waals surface area contributed by atoms with E-state index in [0.717, 1.165) is 5.56 Å². The zero-order chi connectivity index (χ0) is 25.8. The molecule has 2 aromatic heterocycles. The van der Waals surface area contributed by atoms with Gasteiger partial charge < -0.3 is 20.5 Å². The Morgan fingerprint density at radius 2 is 1.73 bits per heavy atom. The van der Waals surface area contributed by atoms with Gasteiger partial charge >= 0.3 is 6.03 Å². The molecule has 11 nitrogen and oxygen atoms in total. The van der Waals surface area contributed by atoms with Crippen molar-refractivity contribution in [1.29, 1.82) is 0 Å². The van der Waals surface area contributed by atoms with Crippen molar-refractivity contribution >= 4 is 40.7 Å². The molecular formula is C26H24N8O3. The Bertz CT molecular complexity index is 1570. The van der Waals surface area contributed by atoms with Gasteiger partial charge in [0.2, 0.25) is 5.95 Å². The predicted molar refractivity (Wildman–Crippen MR) is 140 cm³/mol. The van der Waals surface area contributed by atoms with Crippen molar-refractivity contribution in [2.24, 2.45) is 0 Å². The smallest absolute Gasteiger partial charge is 0.326 e. The Labute approximate surface area is 211 Å². The number of rotatable bonds is 8. The predicted octanol–water partition coefficient (Wildman–Crippen LogP) is 2.18. The Morgan fingerprint density at radius 1 is 0.946 bits per heavy atom. The molecule has 37 heavy (non-hydrogen) atoms. The SMILES string of the molecule is CN(Cc1ccccc1)c1cc(/C=C2\NC(=O)NC2=O)nc(NCCc2nc3ccccc3c(=O)[nH]2)n1. The van der Waals surface area contributed by atoms with Crippen LogP contribution in [0.15, 0.2) is 71.2 Å². The van der Waals surface area contributed by atoms with Crippen LogP contribution >= 0.6 is 0 Å². The summed E-state index contributed by atoms with van der Waals surface area (Å²) in [6.07, 6.45) is 1.93. The monoisotopic (exact) mass is 496 g/mol. The Morgan fingerprint density at radius 3 is 2.51 bits per heavy atom. The first-order valence-electron chi connectivity index (χ1n) is 11.6. The molecule has 0 unspecified atom stereocenters. The van der Waals surface area contributed by atoms with Crippen LogP contribution < -0.4 is 26.4 Å². The van der Waals surface area contributed by atoms with Gasteiger partial charge in [0, 0.05) is 32.6 Å². The number of anilines is 2. The highest BCUT2D eigenvalue weighted by Crippen LogP contribution is 2.19. The molecule has 11 heteroatoms. The van der Waals surface area contributed by atoms with E-state index in [1.165, 1.54) is 6.08 Å². The zero-order valence-electron chi connectivity index (χ0n) is 20.0. The fourth-order valence-corrected chi connectivity index (χ4v) is 3.92. The van der Waals surface area contributed by atoms with Crippen molar-refractivity contribution in [3.63, 3.8) is 0 Å². The van der Waals surface area contributed by atoms with Crippen molar-refractivity contribution in [2.45, 2.75) is 13.0 Å². The summed E-state index contributed by atoms with van der Waals surface area (Å²) < 4.78 is 0. The van der Waals surface area contributed by atoms with Gasteiger partial charge in [-0.2, -0.15) is 4.98 Å². The van der Waals surface area contributed by atoms with E-state index in [1.54, 1.807) is 24.3 Å². The number of carbonyl (C=O) groups is 2. The second kappa shape index (κ2) is 10.3. The van der Waals surface area contributed by atoms with Crippen molar-refractivity contribution < 1.29 is 9.59 Å². The molecule has 1 aliphatic rings. The van der Waals surface area contributed by atoms with E-state index >= 15 is 0 Å². The zero-order valence-corrected chi connectivity index (χ0v) is 20.0. The number of urea groups is 1. The van der Waals surface area contributed by atoms with Crippen molar-refractivity contribution in [3.8, 4) is 0 Å². The first-order valence-corrected chi connectivity index (χ1v) is 11.6. The summed E-state index contributed by atoms with van der Waals surface area (Å²) in [4.78, 5) is 54.3. The number of H-pyrrole nitrogens is 1. The number of para-hydroxylation sites is 1. The molecular weight excluding hydrogens is 472 g/mol. The van der Waals surface area contributed by atoms with Gasteiger partial charge in [0.25, 0.3) is 11.5 Å². The lowest BCUT2D eigenvalue weighted by Gasteiger charge is -2.19. The van der Waals surface area contributed by atoms with Crippen LogP contribution in [-0.2, 0) is 17.8 Å². The third kappa shape index (κ3) is 5.61. The highest BCUT2D eigenvalue weighted by atomic mass is 16.2. The van der Waals surface area contributed by atoms with Crippen LogP contribution in [0.1, 0.15) is 17.1 Å². The number of benzene rings is 2. The molecule has 0 atom stereocenters. The summed E-state index contributed by atoms with van der Waals surface area (Å²) in [6.45, 7) is 1.01. The summed E-state index contributed by atoms with van der Waals surface area (Å²) in [5, 5.41) is 8.36. The third-order valence-electron chi connectivity index (χ3n) is 5.71. The van der Waals surface area contributed by atoms with E-state index in [2.05, 4.69) is 35.9 Å². The molecule has 3 amide bonds. The summed E-state index contributed by atoms with van der Waals surface area (Å²) in [5.74, 6) is 0.970. The minimum Gasteiger partial charge on any atom is -0.355 e. The van der Waals surface area contributed by atoms with Gasteiger partial charge in [-0.15, -0.1) is 0 Å². The van der Waals surface area contributed by atoms with Crippen LogP contribution in [0.5, 0.6) is 0 Å². The topological polar surface area (TPSA) is 145 Å². The van der Waals surface area contributed by atoms with Crippen LogP contribution in [0.4, 0.5) is 16.6 Å². The molecule has 0 bridgehead atoms. The van der Waals surface area contributed by atoms with Gasteiger partial charge in [0.15, 0.2) is 0 Å². The molecule has 186 valence electrons. The first-order chi connectivity index (χ1) is 17.9. The highest BCUT2D eigenvalue weighted by Gasteiger charge is 2.23. The van der Waals surface area contributed by atoms with E-state index in [1.807, 2.05) is 48.3 Å². The number of amides is 3. The van der Waals surface area contributed by atoms with Crippen molar-refractivity contribution in [3.05, 3.63) is 93.8 Å². The van der Waals surface area contributed by atoms with Crippen molar-refractivity contribution in [1.82, 2.24) is 30.6 Å². The molecule has 0 spiro atoms. The molecule has 1 saturated heterocycles. The lowest BCUT2D eigenvalue weighted by molar-refractivity contribution is -0.115. The Hall–Kier alpha value is -5.06. The van der Waals surface area contributed by atoms with E-state index in [4.69, 9.17) is 0 Å². The van der Waals surface area contributed by atoms with Gasteiger partial charge in [-0.05, 0) is 23.8 Å². The fourth-order valence-electron chi connectivity index (χ4n) is 3.92. The molecule has 2 aromatic carbocycles. The number of fused-ring (bicyclic) bond motifs is 1. The lowest BCUT2D eigenvalue weighted by Crippen LogP contribution is -2.22. The number of carbonyl (C=O) groups excluding carboxylic acids is 2. The second-order valence-corrected chi connectivity index (χ2v) is 8.49. The minimum atomic E-state index is -0.582. The first kappa shape index (κ1) is 23.7. The van der Waals surface area contributed by atoms with Crippen LogP contribution in [0, 0.1) is 0 Å². The number of nitrogens with zero attached hydrogens (tertiary/aromatic N) is 4. The molecule has 0 aliphatic carbocycles. The summed E-state index contributed by atoms with van der Waals surface area (Å²) >= 11 is 0. The molecule has 5 rings (SSSR count). The Kier molecular flexibility index (Phi) is 6.58. The van der Waals surface area contributed by atoms with E-state index < -0.39 is 11.9 Å². The van der Waals surface area contributed by atoms with E-state index in [0.29, 0.717) is 53.7 Å². The van der Waals surface area contributed by atoms with Crippen LogP contribution in [-0.4, -0.2) is 45.5 Å². The van der Waals surface area contributed by atoms with Crippen molar-refractivity contribution in [2.75, 3.05) is 23.8 Å². The maximum Gasteiger partial charge on any atom is 0.326 e. The van der Waals surface area contributed by atoms with Gasteiger partial charge in [0.1, 0.15) is 17.3 Å². The number of hydrogen-bond acceptors (Lipinski definition) is 8. The number of aromatic amines is 1. The summed E-state index contributed by atoms with van der Waals surface area (Å²) in [6, 6.07) is 18.3. The van der Waals surface area contributed by atoms with Gasteiger partial charge in [0.05, 0.1) is 16.6 Å². The normalized spacial score (nSPS) is 14.0. The van der Waals surface area contributed by atoms with Gasteiger partial charge in [-0.3, -0.25) is 14.9 Å². The number of imide groups is 1. The quantitative estimate of drug-likeness (QED) is 0.215. The molecule has 1 aliphatic heterocycles. The van der Waals surface area contributed by atoms with Crippen LogP contribution in [0.2, 0.25) is 0 Å². The lowest BCUT2D eigenvalue weighted by atomic mass is 10.2. The molecule has 3 heterocycles. The van der Waals surface area contributed by atoms with E-state index in [9.17, 15) is 14.4 Å². The third-order valence-corrected chi connectivity index (χ3v) is 5.71. The molecule has 0 radical (unpaired) electrons.